The number of hydrogen-bond donors (Lipinski definition) is 1. The third kappa shape index (κ3) is 3.02. The number of hydrogen-bond acceptors (Lipinski definition) is 2. The fourth-order valence-corrected chi connectivity index (χ4v) is 2.43. The molecule has 0 fully saturated rings. The number of carbonyl (C=O) groups is 1. The summed E-state index contributed by atoms with van der Waals surface area (Å²) in [4.78, 5) is 12.9. The van der Waals surface area contributed by atoms with E-state index in [-0.39, 0.29) is 10.6 Å². The van der Waals surface area contributed by atoms with Gasteiger partial charge in [-0.25, -0.2) is 4.79 Å². The van der Waals surface area contributed by atoms with E-state index in [0.29, 0.717) is 0 Å². The zero-order valence-electron chi connectivity index (χ0n) is 8.76. The van der Waals surface area contributed by atoms with E-state index in [0.717, 1.165) is 9.79 Å². The zero-order valence-corrected chi connectivity index (χ0v) is 10.3. The molecule has 2 nitrogen and oxygen atoms in total. The lowest BCUT2D eigenvalue weighted by Gasteiger charge is -2.04. The van der Waals surface area contributed by atoms with Gasteiger partial charge >= 0.3 is 5.97 Å². The predicted molar refractivity (Wildman–Crippen MR) is 69.0 cm³/mol. The third-order valence-electron chi connectivity index (χ3n) is 2.15. The Morgan fingerprint density at radius 2 is 1.76 bits per heavy atom. The molecule has 2 aromatic carbocycles. The summed E-state index contributed by atoms with van der Waals surface area (Å²) in [6.07, 6.45) is 0. The van der Waals surface area contributed by atoms with Crippen LogP contribution in [0.15, 0.2) is 58.3 Å². The number of halogens is 1. The minimum Gasteiger partial charge on any atom is -0.478 e. The van der Waals surface area contributed by atoms with E-state index < -0.39 is 5.97 Å². The van der Waals surface area contributed by atoms with Crippen LogP contribution < -0.4 is 0 Å². The molecule has 0 saturated carbocycles. The third-order valence-corrected chi connectivity index (χ3v) is 3.47. The Labute approximate surface area is 108 Å². The minimum absolute atomic E-state index is 0.132. The Hall–Kier alpha value is -1.45. The van der Waals surface area contributed by atoms with Gasteiger partial charge in [-0.15, -0.1) is 0 Å². The first-order valence-electron chi connectivity index (χ1n) is 4.92. The maximum absolute atomic E-state index is 10.9. The van der Waals surface area contributed by atoms with E-state index in [9.17, 15) is 4.79 Å². The maximum Gasteiger partial charge on any atom is 0.337 e. The predicted octanol–water partition coefficient (Wildman–Crippen LogP) is 4.19. The highest BCUT2D eigenvalue weighted by Crippen LogP contribution is 2.30. The molecule has 0 aliphatic heterocycles. The Morgan fingerprint density at radius 3 is 2.41 bits per heavy atom. The largest absolute Gasteiger partial charge is 0.478 e. The van der Waals surface area contributed by atoms with Crippen molar-refractivity contribution in [3.05, 3.63) is 59.1 Å². The summed E-state index contributed by atoms with van der Waals surface area (Å²) in [5, 5.41) is 9.22. The van der Waals surface area contributed by atoms with Gasteiger partial charge in [0.25, 0.3) is 0 Å². The van der Waals surface area contributed by atoms with E-state index in [1.807, 2.05) is 36.4 Å². The number of carboxylic acid groups (broad SMARTS) is 1. The lowest BCUT2D eigenvalue weighted by Crippen LogP contribution is -1.97. The van der Waals surface area contributed by atoms with Crippen molar-refractivity contribution in [3.8, 4) is 0 Å². The first-order valence-corrected chi connectivity index (χ1v) is 6.12. The monoisotopic (exact) mass is 264 g/mol. The second kappa shape index (κ2) is 5.25. The molecule has 4 heteroatoms. The lowest BCUT2D eigenvalue weighted by molar-refractivity contribution is 0.0697. The summed E-state index contributed by atoms with van der Waals surface area (Å²) >= 11 is 7.31. The molecule has 0 unspecified atom stereocenters. The van der Waals surface area contributed by atoms with Crippen molar-refractivity contribution in [1.29, 1.82) is 0 Å². The SMILES string of the molecule is O=C(O)c1cc(Sc2ccccc2)ccc1Cl. The summed E-state index contributed by atoms with van der Waals surface area (Å²) in [5.41, 5.74) is 0.132. The summed E-state index contributed by atoms with van der Waals surface area (Å²) in [7, 11) is 0. The van der Waals surface area contributed by atoms with Gasteiger partial charge in [0.2, 0.25) is 0 Å². The molecule has 2 rings (SSSR count). The van der Waals surface area contributed by atoms with Crippen molar-refractivity contribution >= 4 is 29.3 Å². The van der Waals surface area contributed by atoms with Gasteiger partial charge in [0.15, 0.2) is 0 Å². The molecule has 1 N–H and O–H groups in total. The Kier molecular flexibility index (Phi) is 3.71. The first kappa shape index (κ1) is 12.0. The molecule has 0 saturated heterocycles. The van der Waals surface area contributed by atoms with Crippen molar-refractivity contribution < 1.29 is 9.90 Å². The quantitative estimate of drug-likeness (QED) is 0.903. The molecule has 0 heterocycles. The van der Waals surface area contributed by atoms with E-state index in [1.54, 1.807) is 12.1 Å². The van der Waals surface area contributed by atoms with Gasteiger partial charge < -0.3 is 5.11 Å². The second-order valence-corrected chi connectivity index (χ2v) is 4.92. The molecule has 17 heavy (non-hydrogen) atoms. The van der Waals surface area contributed by atoms with Crippen LogP contribution in [0.2, 0.25) is 5.02 Å². The molecular formula is C13H9ClO2S. The Morgan fingerprint density at radius 1 is 1.06 bits per heavy atom. The van der Waals surface area contributed by atoms with Crippen LogP contribution in [0.25, 0.3) is 0 Å². The Balaban J connectivity index is 2.29. The van der Waals surface area contributed by atoms with Gasteiger partial charge in [0.1, 0.15) is 0 Å². The van der Waals surface area contributed by atoms with Crippen LogP contribution >= 0.6 is 23.4 Å². The van der Waals surface area contributed by atoms with E-state index in [4.69, 9.17) is 16.7 Å². The highest BCUT2D eigenvalue weighted by atomic mass is 35.5. The van der Waals surface area contributed by atoms with Crippen LogP contribution in [0, 0.1) is 0 Å². The zero-order chi connectivity index (χ0) is 12.3. The van der Waals surface area contributed by atoms with Crippen LogP contribution in [0.1, 0.15) is 10.4 Å². The van der Waals surface area contributed by atoms with Crippen LogP contribution in [0.4, 0.5) is 0 Å². The standard InChI is InChI=1S/C13H9ClO2S/c14-12-7-6-10(8-11(12)13(15)16)17-9-4-2-1-3-5-9/h1-8H,(H,15,16). The molecule has 0 bridgehead atoms. The summed E-state index contributed by atoms with van der Waals surface area (Å²) < 4.78 is 0. The van der Waals surface area contributed by atoms with Crippen molar-refractivity contribution in [3.63, 3.8) is 0 Å². The Bertz CT molecular complexity index is 540. The fraction of sp³-hybridized carbons (Fsp3) is 0. The lowest BCUT2D eigenvalue weighted by atomic mass is 10.2. The smallest absolute Gasteiger partial charge is 0.337 e. The molecule has 2 aromatic rings. The molecule has 0 aliphatic carbocycles. The van der Waals surface area contributed by atoms with E-state index >= 15 is 0 Å². The van der Waals surface area contributed by atoms with E-state index in [2.05, 4.69) is 0 Å². The maximum atomic E-state index is 10.9. The average Bonchev–Trinajstić information content (AvgIpc) is 2.32. The number of benzene rings is 2. The van der Waals surface area contributed by atoms with Gasteiger partial charge in [0, 0.05) is 9.79 Å². The van der Waals surface area contributed by atoms with Gasteiger partial charge in [0.05, 0.1) is 10.6 Å². The van der Waals surface area contributed by atoms with Gasteiger partial charge in [-0.05, 0) is 30.3 Å². The van der Waals surface area contributed by atoms with Gasteiger partial charge in [-0.2, -0.15) is 0 Å². The number of carboxylic acids is 1. The number of rotatable bonds is 3. The highest BCUT2D eigenvalue weighted by Gasteiger charge is 2.09. The molecule has 86 valence electrons. The number of aromatic carboxylic acids is 1. The normalized spacial score (nSPS) is 10.2. The van der Waals surface area contributed by atoms with Crippen LogP contribution in [-0.4, -0.2) is 11.1 Å². The molecular weight excluding hydrogens is 256 g/mol. The van der Waals surface area contributed by atoms with Crippen LogP contribution in [-0.2, 0) is 0 Å². The van der Waals surface area contributed by atoms with Crippen molar-refractivity contribution in [2.45, 2.75) is 9.79 Å². The van der Waals surface area contributed by atoms with Crippen molar-refractivity contribution in [2.24, 2.45) is 0 Å². The summed E-state index contributed by atoms with van der Waals surface area (Å²) in [6, 6.07) is 14.8. The summed E-state index contributed by atoms with van der Waals surface area (Å²) in [6.45, 7) is 0. The molecule has 0 amide bonds. The van der Waals surface area contributed by atoms with Gasteiger partial charge in [-0.1, -0.05) is 41.6 Å². The van der Waals surface area contributed by atoms with Gasteiger partial charge in [-0.3, -0.25) is 0 Å². The van der Waals surface area contributed by atoms with Crippen molar-refractivity contribution in [2.75, 3.05) is 0 Å². The van der Waals surface area contributed by atoms with Crippen LogP contribution in [0.5, 0.6) is 0 Å². The van der Waals surface area contributed by atoms with Crippen molar-refractivity contribution in [1.82, 2.24) is 0 Å². The fourth-order valence-electron chi connectivity index (χ4n) is 1.36. The van der Waals surface area contributed by atoms with Crippen LogP contribution in [0.3, 0.4) is 0 Å². The first-order chi connectivity index (χ1) is 8.16. The molecule has 0 atom stereocenters. The van der Waals surface area contributed by atoms with E-state index in [1.165, 1.54) is 11.8 Å². The average molecular weight is 265 g/mol. The minimum atomic E-state index is -1.01. The highest BCUT2D eigenvalue weighted by molar-refractivity contribution is 7.99. The molecule has 0 aliphatic rings. The topological polar surface area (TPSA) is 37.3 Å². The molecule has 0 radical (unpaired) electrons. The molecule has 0 aromatic heterocycles. The second-order valence-electron chi connectivity index (χ2n) is 3.36. The summed E-state index contributed by atoms with van der Waals surface area (Å²) in [5.74, 6) is -1.01. The molecule has 0 spiro atoms.